The molecule has 0 radical (unpaired) electrons. The van der Waals surface area contributed by atoms with Gasteiger partial charge in [-0.15, -0.1) is 0 Å². The van der Waals surface area contributed by atoms with Gasteiger partial charge in [-0.1, -0.05) is 12.1 Å². The molecule has 6 nitrogen and oxygen atoms in total. The molecule has 2 aromatic rings. The second-order valence-corrected chi connectivity index (χ2v) is 9.29. The second-order valence-electron chi connectivity index (χ2n) is 9.29. The van der Waals surface area contributed by atoms with Gasteiger partial charge in [-0.3, -0.25) is 9.89 Å². The first-order chi connectivity index (χ1) is 15.0. The Kier molecular flexibility index (Phi) is 6.72. The van der Waals surface area contributed by atoms with E-state index in [0.717, 1.165) is 63.8 Å². The third kappa shape index (κ3) is 4.83. The summed E-state index contributed by atoms with van der Waals surface area (Å²) in [5, 5.41) is 10.9. The Morgan fingerprint density at radius 3 is 2.71 bits per heavy atom. The van der Waals surface area contributed by atoms with E-state index in [2.05, 4.69) is 27.5 Å². The molecule has 2 fully saturated rings. The van der Waals surface area contributed by atoms with Gasteiger partial charge in [-0.2, -0.15) is 5.10 Å². The van der Waals surface area contributed by atoms with Crippen LogP contribution in [0.25, 0.3) is 0 Å². The molecule has 1 aliphatic carbocycles. The van der Waals surface area contributed by atoms with Gasteiger partial charge in [0, 0.05) is 50.4 Å². The predicted octanol–water partition coefficient (Wildman–Crippen LogP) is 3.28. The normalized spacial score (nSPS) is 23.9. The number of nitrogens with zero attached hydrogens (tertiary/aromatic N) is 3. The number of rotatable bonds is 8. The summed E-state index contributed by atoms with van der Waals surface area (Å²) in [6.07, 6.45) is 6.83. The van der Waals surface area contributed by atoms with Crippen molar-refractivity contribution in [2.24, 2.45) is 5.41 Å². The summed E-state index contributed by atoms with van der Waals surface area (Å²) in [6.45, 7) is 4.22. The molecule has 0 bridgehead atoms. The van der Waals surface area contributed by atoms with Crippen LogP contribution in [0.2, 0.25) is 0 Å². The Balaban J connectivity index is 1.35. The highest BCUT2D eigenvalue weighted by Gasteiger charge is 2.48. The number of hydrogen-bond donors (Lipinski definition) is 2. The van der Waals surface area contributed by atoms with E-state index >= 15 is 0 Å². The summed E-state index contributed by atoms with van der Waals surface area (Å²) < 4.78 is 13.2. The minimum absolute atomic E-state index is 0.212. The van der Waals surface area contributed by atoms with Gasteiger partial charge in [0.05, 0.1) is 11.1 Å². The molecule has 1 spiro atoms. The highest BCUT2D eigenvalue weighted by Crippen LogP contribution is 2.49. The van der Waals surface area contributed by atoms with Crippen LogP contribution < -0.4 is 5.32 Å². The highest BCUT2D eigenvalue weighted by molar-refractivity contribution is 5.85. The van der Waals surface area contributed by atoms with Crippen LogP contribution in [0.4, 0.5) is 4.39 Å². The summed E-state index contributed by atoms with van der Waals surface area (Å²) in [7, 11) is 4.11. The molecule has 1 amide bonds. The van der Waals surface area contributed by atoms with Gasteiger partial charge in [0.2, 0.25) is 5.91 Å². The zero-order chi connectivity index (χ0) is 21.8. The largest absolute Gasteiger partial charge is 0.338 e. The van der Waals surface area contributed by atoms with Crippen molar-refractivity contribution in [1.82, 2.24) is 25.3 Å². The van der Waals surface area contributed by atoms with Crippen LogP contribution in [-0.4, -0.2) is 59.6 Å². The van der Waals surface area contributed by atoms with E-state index in [9.17, 15) is 9.18 Å². The average Bonchev–Trinajstić information content (AvgIpc) is 3.35. The number of likely N-dealkylation sites (tertiary alicyclic amines) is 1. The van der Waals surface area contributed by atoms with Crippen LogP contribution in [0.15, 0.2) is 30.5 Å². The van der Waals surface area contributed by atoms with E-state index in [1.165, 1.54) is 23.4 Å². The molecular weight excluding hydrogens is 393 g/mol. The van der Waals surface area contributed by atoms with E-state index in [0.29, 0.717) is 12.5 Å². The lowest BCUT2D eigenvalue weighted by atomic mass is 9.68. The summed E-state index contributed by atoms with van der Waals surface area (Å²) in [5.41, 5.74) is 3.23. The summed E-state index contributed by atoms with van der Waals surface area (Å²) in [4.78, 5) is 17.5. The zero-order valence-electron chi connectivity index (χ0n) is 18.7. The molecule has 0 atom stereocenters. The van der Waals surface area contributed by atoms with Crippen LogP contribution in [0.5, 0.6) is 0 Å². The van der Waals surface area contributed by atoms with Crippen LogP contribution in [-0.2, 0) is 17.9 Å². The number of aromatic amines is 1. The SMILES string of the molecule is CNCCN(C)Cc1c[nH]nc1[C@H]1CC[C@@]2(CCN(Cc3ccc(F)cc3)C2=O)CC1. The molecule has 2 heterocycles. The third-order valence-corrected chi connectivity index (χ3v) is 7.15. The number of carbonyl (C=O) groups is 1. The summed E-state index contributed by atoms with van der Waals surface area (Å²) in [5.74, 6) is 0.463. The molecule has 31 heavy (non-hydrogen) atoms. The maximum Gasteiger partial charge on any atom is 0.229 e. The molecule has 0 unspecified atom stereocenters. The maximum atomic E-state index is 13.3. The number of carbonyl (C=O) groups excluding carboxylic acids is 1. The first kappa shape index (κ1) is 22.0. The molecule has 168 valence electrons. The van der Waals surface area contributed by atoms with Gasteiger partial charge in [-0.25, -0.2) is 4.39 Å². The number of nitrogens with one attached hydrogen (secondary N) is 2. The Hall–Kier alpha value is -2.25. The van der Waals surface area contributed by atoms with E-state index in [1.807, 2.05) is 18.1 Å². The summed E-state index contributed by atoms with van der Waals surface area (Å²) in [6, 6.07) is 6.48. The number of likely N-dealkylation sites (N-methyl/N-ethyl adjacent to an activating group) is 2. The number of aromatic nitrogens is 2. The lowest BCUT2D eigenvalue weighted by Gasteiger charge is -2.35. The molecule has 1 saturated heterocycles. The third-order valence-electron chi connectivity index (χ3n) is 7.15. The van der Waals surface area contributed by atoms with Gasteiger partial charge in [-0.05, 0) is 63.9 Å². The number of amides is 1. The Labute approximate surface area is 184 Å². The fraction of sp³-hybridized carbons (Fsp3) is 0.583. The van der Waals surface area contributed by atoms with Crippen molar-refractivity contribution in [3.05, 3.63) is 53.1 Å². The molecule has 1 aliphatic heterocycles. The van der Waals surface area contributed by atoms with Crippen LogP contribution in [0.1, 0.15) is 54.8 Å². The number of halogens is 1. The van der Waals surface area contributed by atoms with Crippen molar-refractivity contribution in [2.75, 3.05) is 33.7 Å². The Morgan fingerprint density at radius 2 is 2.00 bits per heavy atom. The van der Waals surface area contributed by atoms with E-state index in [4.69, 9.17) is 0 Å². The van der Waals surface area contributed by atoms with E-state index < -0.39 is 0 Å². The van der Waals surface area contributed by atoms with E-state index in [1.54, 1.807) is 12.1 Å². The molecule has 1 saturated carbocycles. The standard InChI is InChI=1S/C24H34FN5O/c1-26-12-14-29(2)17-20-15-27-28-22(20)19-7-9-24(10-8-19)11-13-30(23(24)31)16-18-3-5-21(25)6-4-18/h3-6,15,19,26H,7-14,16-17H2,1-2H3,(H,27,28)/t19-,24-. The molecule has 4 rings (SSSR count). The molecule has 2 N–H and O–H groups in total. The molecule has 1 aromatic heterocycles. The van der Waals surface area contributed by atoms with Gasteiger partial charge in [0.25, 0.3) is 0 Å². The Bertz CT molecular complexity index is 872. The van der Waals surface area contributed by atoms with Gasteiger partial charge in [0.15, 0.2) is 0 Å². The topological polar surface area (TPSA) is 64.3 Å². The fourth-order valence-electron chi connectivity index (χ4n) is 5.24. The molecule has 7 heteroatoms. The maximum absolute atomic E-state index is 13.3. The second kappa shape index (κ2) is 9.49. The lowest BCUT2D eigenvalue weighted by Crippen LogP contribution is -2.37. The van der Waals surface area contributed by atoms with Crippen molar-refractivity contribution < 1.29 is 9.18 Å². The van der Waals surface area contributed by atoms with Crippen LogP contribution in [0, 0.1) is 11.2 Å². The first-order valence-electron chi connectivity index (χ1n) is 11.4. The lowest BCUT2D eigenvalue weighted by molar-refractivity contribution is -0.138. The monoisotopic (exact) mass is 427 g/mol. The molecule has 2 aliphatic rings. The van der Waals surface area contributed by atoms with Crippen LogP contribution in [0.3, 0.4) is 0 Å². The van der Waals surface area contributed by atoms with E-state index in [-0.39, 0.29) is 17.1 Å². The van der Waals surface area contributed by atoms with Crippen molar-refractivity contribution >= 4 is 5.91 Å². The van der Waals surface area contributed by atoms with Gasteiger partial charge in [0.1, 0.15) is 5.82 Å². The van der Waals surface area contributed by atoms with Crippen molar-refractivity contribution in [2.45, 2.75) is 51.1 Å². The summed E-state index contributed by atoms with van der Waals surface area (Å²) >= 11 is 0. The smallest absolute Gasteiger partial charge is 0.229 e. The Morgan fingerprint density at radius 1 is 1.26 bits per heavy atom. The predicted molar refractivity (Wildman–Crippen MR) is 119 cm³/mol. The molecular formula is C24H34FN5O. The minimum Gasteiger partial charge on any atom is -0.338 e. The van der Waals surface area contributed by atoms with Gasteiger partial charge < -0.3 is 15.1 Å². The minimum atomic E-state index is -0.239. The number of hydrogen-bond acceptors (Lipinski definition) is 4. The zero-order valence-corrected chi connectivity index (χ0v) is 18.7. The molecule has 1 aromatic carbocycles. The van der Waals surface area contributed by atoms with Crippen molar-refractivity contribution in [3.63, 3.8) is 0 Å². The van der Waals surface area contributed by atoms with Crippen LogP contribution >= 0.6 is 0 Å². The van der Waals surface area contributed by atoms with Gasteiger partial charge >= 0.3 is 0 Å². The van der Waals surface area contributed by atoms with Crippen molar-refractivity contribution in [3.8, 4) is 0 Å². The number of benzene rings is 1. The highest BCUT2D eigenvalue weighted by atomic mass is 19.1. The number of H-pyrrole nitrogens is 1. The van der Waals surface area contributed by atoms with Crippen molar-refractivity contribution in [1.29, 1.82) is 0 Å². The average molecular weight is 428 g/mol. The quantitative estimate of drug-likeness (QED) is 0.679. The fourth-order valence-corrected chi connectivity index (χ4v) is 5.24. The first-order valence-corrected chi connectivity index (χ1v) is 11.4.